The van der Waals surface area contributed by atoms with Gasteiger partial charge in [-0.25, -0.2) is 0 Å². The number of likely N-dealkylation sites (tertiary alicyclic amines) is 1. The van der Waals surface area contributed by atoms with Crippen LogP contribution in [0.15, 0.2) is 42.7 Å². The molecule has 1 fully saturated rings. The number of Topliss-reactive ketones (excluding diaryl/α,β-unsaturated/α-hetero) is 1. The molecule has 1 aromatic carbocycles. The summed E-state index contributed by atoms with van der Waals surface area (Å²) in [5, 5.41) is 3.74. The number of nitrogens with zero attached hydrogens (tertiary/aromatic N) is 2. The van der Waals surface area contributed by atoms with Crippen LogP contribution in [0, 0.1) is 5.92 Å². The highest BCUT2D eigenvalue weighted by atomic mass is 35.5. The van der Waals surface area contributed by atoms with Gasteiger partial charge < -0.3 is 10.2 Å². The lowest BCUT2D eigenvalue weighted by Gasteiger charge is -2.15. The summed E-state index contributed by atoms with van der Waals surface area (Å²) in [6.45, 7) is 0.786. The normalized spacial score (nSPS) is 16.5. The van der Waals surface area contributed by atoms with Crippen molar-refractivity contribution in [3.05, 3.63) is 63.9 Å². The minimum absolute atomic E-state index is 0.0958. The summed E-state index contributed by atoms with van der Waals surface area (Å²) in [5.41, 5.74) is 1.87. The van der Waals surface area contributed by atoms with Gasteiger partial charge in [-0.3, -0.25) is 19.4 Å². The highest BCUT2D eigenvalue weighted by Crippen LogP contribution is 2.23. The Labute approximate surface area is 172 Å². The molecular formula is C20H19Cl2N3O3. The molecule has 0 radical (unpaired) electrons. The topological polar surface area (TPSA) is 79.4 Å². The van der Waals surface area contributed by atoms with Crippen molar-refractivity contribution in [3.63, 3.8) is 0 Å². The molecule has 1 saturated heterocycles. The van der Waals surface area contributed by atoms with E-state index in [4.69, 9.17) is 23.2 Å². The molecule has 8 heteroatoms. The van der Waals surface area contributed by atoms with Gasteiger partial charge in [-0.2, -0.15) is 0 Å². The first kappa shape index (κ1) is 20.3. The second-order valence-corrected chi connectivity index (χ2v) is 7.42. The molecule has 1 aliphatic heterocycles. The summed E-state index contributed by atoms with van der Waals surface area (Å²) in [7, 11) is 0. The average Bonchev–Trinajstić information content (AvgIpc) is 2.97. The Kier molecular flexibility index (Phi) is 6.65. The number of nitrogens with one attached hydrogen (secondary N) is 1. The quantitative estimate of drug-likeness (QED) is 0.425. The van der Waals surface area contributed by atoms with Gasteiger partial charge in [-0.15, -0.1) is 0 Å². The van der Waals surface area contributed by atoms with E-state index in [-0.39, 0.29) is 13.1 Å². The van der Waals surface area contributed by atoms with Crippen LogP contribution in [0.3, 0.4) is 0 Å². The van der Waals surface area contributed by atoms with E-state index >= 15 is 0 Å². The highest BCUT2D eigenvalue weighted by molar-refractivity contribution is 6.42. The molecule has 2 heterocycles. The second-order valence-electron chi connectivity index (χ2n) is 6.60. The van der Waals surface area contributed by atoms with Crippen LogP contribution in [0.1, 0.15) is 17.5 Å². The molecule has 1 N–H and O–H groups in total. The number of benzene rings is 1. The number of hydrogen-bond donors (Lipinski definition) is 1. The lowest BCUT2D eigenvalue weighted by Crippen LogP contribution is -2.36. The molecule has 28 heavy (non-hydrogen) atoms. The minimum atomic E-state index is -0.959. The maximum atomic E-state index is 12.3. The molecule has 6 nitrogen and oxygen atoms in total. The van der Waals surface area contributed by atoms with E-state index in [9.17, 15) is 14.4 Å². The Hall–Kier alpha value is -2.44. The first-order chi connectivity index (χ1) is 13.5. The number of aryl methyl sites for hydroxylation is 1. The molecule has 3 rings (SSSR count). The standard InChI is InChI=1S/C20H19Cl2N3O3/c21-16-4-3-13(10-17(16)22)2-1-7-24-19(27)15-12-25(20(28)18(15)26)11-14-5-8-23-9-6-14/h3-6,8-10,15H,1-2,7,11-12H2,(H,24,27). The summed E-state index contributed by atoms with van der Waals surface area (Å²) < 4.78 is 0. The van der Waals surface area contributed by atoms with Crippen LogP contribution in [-0.4, -0.2) is 40.6 Å². The predicted molar refractivity (Wildman–Crippen MR) is 106 cm³/mol. The molecule has 1 unspecified atom stereocenters. The third-order valence-corrected chi connectivity index (χ3v) is 5.32. The molecule has 1 atom stereocenters. The first-order valence-corrected chi connectivity index (χ1v) is 9.65. The number of carbonyl (C=O) groups is 3. The van der Waals surface area contributed by atoms with Gasteiger partial charge in [0.1, 0.15) is 5.92 Å². The van der Waals surface area contributed by atoms with E-state index in [1.807, 2.05) is 6.07 Å². The molecule has 0 saturated carbocycles. The number of rotatable bonds is 7. The zero-order valence-corrected chi connectivity index (χ0v) is 16.5. The van der Waals surface area contributed by atoms with Crippen molar-refractivity contribution in [2.75, 3.05) is 13.1 Å². The Morgan fingerprint density at radius 1 is 1.11 bits per heavy atom. The third-order valence-electron chi connectivity index (χ3n) is 4.58. The fourth-order valence-electron chi connectivity index (χ4n) is 3.06. The van der Waals surface area contributed by atoms with E-state index in [1.165, 1.54) is 4.90 Å². The van der Waals surface area contributed by atoms with Crippen molar-refractivity contribution in [2.24, 2.45) is 5.92 Å². The van der Waals surface area contributed by atoms with Gasteiger partial charge in [0.25, 0.3) is 5.91 Å². The fourth-order valence-corrected chi connectivity index (χ4v) is 3.38. The Balaban J connectivity index is 1.48. The van der Waals surface area contributed by atoms with Crippen molar-refractivity contribution in [3.8, 4) is 0 Å². The molecule has 1 aromatic heterocycles. The molecule has 0 aliphatic carbocycles. The van der Waals surface area contributed by atoms with Crippen molar-refractivity contribution >= 4 is 40.8 Å². The van der Waals surface area contributed by atoms with Crippen LogP contribution in [-0.2, 0) is 27.3 Å². The maximum Gasteiger partial charge on any atom is 0.291 e. The van der Waals surface area contributed by atoms with Crippen LogP contribution < -0.4 is 5.32 Å². The van der Waals surface area contributed by atoms with Gasteiger partial charge in [-0.05, 0) is 48.2 Å². The predicted octanol–water partition coefficient (Wildman–Crippen LogP) is 2.66. The summed E-state index contributed by atoms with van der Waals surface area (Å²) >= 11 is 11.9. The molecule has 2 aromatic rings. The fraction of sp³-hybridized carbons (Fsp3) is 0.300. The molecule has 1 aliphatic rings. The number of hydrogen-bond acceptors (Lipinski definition) is 4. The van der Waals surface area contributed by atoms with Gasteiger partial charge in [0.15, 0.2) is 0 Å². The molecule has 0 bridgehead atoms. The summed E-state index contributed by atoms with van der Waals surface area (Å²) in [4.78, 5) is 42.0. The van der Waals surface area contributed by atoms with Crippen molar-refractivity contribution < 1.29 is 14.4 Å². The van der Waals surface area contributed by atoms with Gasteiger partial charge in [0.05, 0.1) is 10.0 Å². The average molecular weight is 420 g/mol. The maximum absolute atomic E-state index is 12.3. The van der Waals surface area contributed by atoms with E-state index in [0.29, 0.717) is 29.4 Å². The Morgan fingerprint density at radius 3 is 2.57 bits per heavy atom. The van der Waals surface area contributed by atoms with Gasteiger partial charge in [0.2, 0.25) is 11.7 Å². The highest BCUT2D eigenvalue weighted by Gasteiger charge is 2.42. The number of aromatic nitrogens is 1. The van der Waals surface area contributed by atoms with Crippen molar-refractivity contribution in [1.29, 1.82) is 0 Å². The summed E-state index contributed by atoms with van der Waals surface area (Å²) in [6.07, 6.45) is 4.63. The van der Waals surface area contributed by atoms with Gasteiger partial charge in [-0.1, -0.05) is 29.3 Å². The monoisotopic (exact) mass is 419 g/mol. The van der Waals surface area contributed by atoms with Crippen LogP contribution >= 0.6 is 23.2 Å². The van der Waals surface area contributed by atoms with Crippen molar-refractivity contribution in [1.82, 2.24) is 15.2 Å². The zero-order valence-electron chi connectivity index (χ0n) is 15.0. The van der Waals surface area contributed by atoms with Gasteiger partial charge in [0, 0.05) is 32.0 Å². The van der Waals surface area contributed by atoms with Crippen LogP contribution in [0.2, 0.25) is 10.0 Å². The molecule has 146 valence electrons. The number of amides is 2. The zero-order chi connectivity index (χ0) is 20.1. The second kappa shape index (κ2) is 9.17. The van der Waals surface area contributed by atoms with E-state index < -0.39 is 23.5 Å². The van der Waals surface area contributed by atoms with E-state index in [1.54, 1.807) is 36.7 Å². The van der Waals surface area contributed by atoms with Crippen LogP contribution in [0.5, 0.6) is 0 Å². The summed E-state index contributed by atoms with van der Waals surface area (Å²) in [5.74, 6) is -2.65. The SMILES string of the molecule is O=C(NCCCc1ccc(Cl)c(Cl)c1)C1CN(Cc2ccncc2)C(=O)C1=O. The Morgan fingerprint density at radius 2 is 1.86 bits per heavy atom. The van der Waals surface area contributed by atoms with E-state index in [0.717, 1.165) is 11.1 Å². The smallest absolute Gasteiger partial charge is 0.291 e. The largest absolute Gasteiger partial charge is 0.355 e. The summed E-state index contributed by atoms with van der Waals surface area (Å²) in [6, 6.07) is 8.95. The van der Waals surface area contributed by atoms with Crippen LogP contribution in [0.4, 0.5) is 0 Å². The minimum Gasteiger partial charge on any atom is -0.355 e. The molecular weight excluding hydrogens is 401 g/mol. The molecule has 2 amide bonds. The molecule has 0 spiro atoms. The third kappa shape index (κ3) is 4.88. The number of carbonyl (C=O) groups excluding carboxylic acids is 3. The van der Waals surface area contributed by atoms with Gasteiger partial charge >= 0.3 is 0 Å². The van der Waals surface area contributed by atoms with Crippen LogP contribution in [0.25, 0.3) is 0 Å². The van der Waals surface area contributed by atoms with Crippen molar-refractivity contribution in [2.45, 2.75) is 19.4 Å². The first-order valence-electron chi connectivity index (χ1n) is 8.89. The lowest BCUT2D eigenvalue weighted by atomic mass is 10.1. The van der Waals surface area contributed by atoms with E-state index in [2.05, 4.69) is 10.3 Å². The number of pyridine rings is 1. The lowest BCUT2D eigenvalue weighted by molar-refractivity contribution is -0.142. The number of ketones is 1. The Bertz CT molecular complexity index is 890. The number of halogens is 2.